The van der Waals surface area contributed by atoms with Crippen LogP contribution in [0.2, 0.25) is 0 Å². The molecular formula is C11H14N4O. The first-order valence-corrected chi connectivity index (χ1v) is 4.88. The van der Waals surface area contributed by atoms with E-state index in [1.54, 1.807) is 0 Å². The van der Waals surface area contributed by atoms with Crippen molar-refractivity contribution in [2.45, 2.75) is 27.3 Å². The zero-order valence-electron chi connectivity index (χ0n) is 9.61. The second-order valence-electron chi connectivity index (χ2n) is 3.69. The van der Waals surface area contributed by atoms with Gasteiger partial charge in [0.2, 0.25) is 0 Å². The Morgan fingerprint density at radius 3 is 2.44 bits per heavy atom. The predicted octanol–water partition coefficient (Wildman–Crippen LogP) is 2.82. The van der Waals surface area contributed by atoms with E-state index >= 15 is 0 Å². The Bertz CT molecular complexity index is 487. The average Bonchev–Trinajstić information content (AvgIpc) is 2.27. The number of anilines is 1. The Kier molecular flexibility index (Phi) is 3.53. The summed E-state index contributed by atoms with van der Waals surface area (Å²) in [4.78, 5) is 13.7. The molecule has 0 aliphatic carbocycles. The minimum atomic E-state index is 0.222. The predicted molar refractivity (Wildman–Crippen MR) is 63.3 cm³/mol. The van der Waals surface area contributed by atoms with Gasteiger partial charge in [0.25, 0.3) is 0 Å². The number of carbonyl (C=O) groups excluding carboxylic acids is 1. The summed E-state index contributed by atoms with van der Waals surface area (Å²) < 4.78 is 0. The number of nitrogens with zero attached hydrogens (tertiary/aromatic N) is 3. The third-order valence-corrected chi connectivity index (χ3v) is 2.93. The molecule has 0 saturated heterocycles. The third kappa shape index (κ3) is 1.85. The number of aldehydes is 1. The molecule has 84 valence electrons. The van der Waals surface area contributed by atoms with Crippen LogP contribution in [0, 0.1) is 20.8 Å². The van der Waals surface area contributed by atoms with Gasteiger partial charge in [0.05, 0.1) is 6.54 Å². The fourth-order valence-electron chi connectivity index (χ4n) is 1.83. The van der Waals surface area contributed by atoms with E-state index < -0.39 is 0 Å². The molecular weight excluding hydrogens is 204 g/mol. The molecule has 1 rings (SSSR count). The molecule has 5 heteroatoms. The van der Waals surface area contributed by atoms with Gasteiger partial charge < -0.3 is 5.73 Å². The van der Waals surface area contributed by atoms with E-state index in [1.165, 1.54) is 0 Å². The number of azide groups is 1. The zero-order chi connectivity index (χ0) is 12.3. The normalized spacial score (nSPS) is 9.69. The molecule has 0 heterocycles. The molecule has 1 aromatic rings. The van der Waals surface area contributed by atoms with E-state index in [1.807, 2.05) is 20.8 Å². The van der Waals surface area contributed by atoms with Gasteiger partial charge in [-0.3, -0.25) is 4.79 Å². The van der Waals surface area contributed by atoms with E-state index in [0.29, 0.717) is 11.3 Å². The highest BCUT2D eigenvalue weighted by Crippen LogP contribution is 2.28. The van der Waals surface area contributed by atoms with Crippen LogP contribution in [-0.2, 0) is 6.54 Å². The molecule has 0 atom stereocenters. The number of hydrogen-bond acceptors (Lipinski definition) is 3. The summed E-state index contributed by atoms with van der Waals surface area (Å²) in [6.45, 7) is 5.74. The maximum atomic E-state index is 11.0. The first kappa shape index (κ1) is 12.1. The Morgan fingerprint density at radius 2 is 1.94 bits per heavy atom. The highest BCUT2D eigenvalue weighted by molar-refractivity contribution is 5.84. The number of hydrogen-bond donors (Lipinski definition) is 1. The second-order valence-corrected chi connectivity index (χ2v) is 3.69. The average molecular weight is 218 g/mol. The minimum Gasteiger partial charge on any atom is -0.398 e. The molecule has 0 saturated carbocycles. The summed E-state index contributed by atoms with van der Waals surface area (Å²) in [5.74, 6) is 0. The molecule has 2 N–H and O–H groups in total. The Hall–Kier alpha value is -2.00. The molecule has 5 nitrogen and oxygen atoms in total. The number of nitrogen functional groups attached to an aromatic ring is 1. The number of carbonyl (C=O) groups is 1. The quantitative estimate of drug-likeness (QED) is 0.278. The van der Waals surface area contributed by atoms with Crippen LogP contribution in [0.3, 0.4) is 0 Å². The van der Waals surface area contributed by atoms with Crippen molar-refractivity contribution in [2.24, 2.45) is 5.11 Å². The Morgan fingerprint density at radius 1 is 1.31 bits per heavy atom. The lowest BCUT2D eigenvalue weighted by atomic mass is 9.92. The van der Waals surface area contributed by atoms with Crippen LogP contribution in [0.15, 0.2) is 5.11 Å². The van der Waals surface area contributed by atoms with Gasteiger partial charge in [-0.2, -0.15) is 0 Å². The molecule has 0 radical (unpaired) electrons. The van der Waals surface area contributed by atoms with Crippen LogP contribution in [0.1, 0.15) is 32.6 Å². The maximum Gasteiger partial charge on any atom is 0.150 e. The summed E-state index contributed by atoms with van der Waals surface area (Å²) in [5.41, 5.74) is 18.8. The van der Waals surface area contributed by atoms with Crippen molar-refractivity contribution in [3.05, 3.63) is 38.3 Å². The van der Waals surface area contributed by atoms with Crippen LogP contribution in [-0.4, -0.2) is 6.29 Å². The number of nitrogens with two attached hydrogens (primary N) is 1. The molecule has 1 aromatic carbocycles. The molecule has 0 spiro atoms. The van der Waals surface area contributed by atoms with Crippen molar-refractivity contribution >= 4 is 12.0 Å². The third-order valence-electron chi connectivity index (χ3n) is 2.93. The van der Waals surface area contributed by atoms with Crippen molar-refractivity contribution in [2.75, 3.05) is 5.73 Å². The maximum absolute atomic E-state index is 11.0. The monoisotopic (exact) mass is 218 g/mol. The number of rotatable bonds is 3. The van der Waals surface area contributed by atoms with Crippen LogP contribution in [0.5, 0.6) is 0 Å². The van der Waals surface area contributed by atoms with Crippen molar-refractivity contribution < 1.29 is 4.79 Å². The Balaban J connectivity index is 3.54. The molecule has 0 bridgehead atoms. The van der Waals surface area contributed by atoms with Gasteiger partial charge in [-0.15, -0.1) is 0 Å². The van der Waals surface area contributed by atoms with E-state index in [0.717, 1.165) is 28.5 Å². The van der Waals surface area contributed by atoms with Crippen molar-refractivity contribution in [1.82, 2.24) is 0 Å². The summed E-state index contributed by atoms with van der Waals surface area (Å²) in [6, 6.07) is 0. The SMILES string of the molecule is Cc1c(N)c(C)c(CN=[N+]=[N-])c(C)c1C=O. The molecule has 0 unspecified atom stereocenters. The highest BCUT2D eigenvalue weighted by Gasteiger charge is 2.13. The van der Waals surface area contributed by atoms with Crippen molar-refractivity contribution in [3.8, 4) is 0 Å². The molecule has 0 amide bonds. The summed E-state index contributed by atoms with van der Waals surface area (Å²) >= 11 is 0. The minimum absolute atomic E-state index is 0.222. The van der Waals surface area contributed by atoms with Crippen molar-refractivity contribution in [1.29, 1.82) is 0 Å². The van der Waals surface area contributed by atoms with Crippen LogP contribution < -0.4 is 5.73 Å². The van der Waals surface area contributed by atoms with Gasteiger partial charge >= 0.3 is 0 Å². The van der Waals surface area contributed by atoms with Gasteiger partial charge in [0, 0.05) is 16.2 Å². The fourth-order valence-corrected chi connectivity index (χ4v) is 1.83. The van der Waals surface area contributed by atoms with Gasteiger partial charge in [0.15, 0.2) is 6.29 Å². The Labute approximate surface area is 93.9 Å². The first-order valence-electron chi connectivity index (χ1n) is 4.88. The lowest BCUT2D eigenvalue weighted by Gasteiger charge is -2.16. The lowest BCUT2D eigenvalue weighted by molar-refractivity contribution is 0.112. The lowest BCUT2D eigenvalue weighted by Crippen LogP contribution is -2.06. The van der Waals surface area contributed by atoms with Crippen LogP contribution >= 0.6 is 0 Å². The van der Waals surface area contributed by atoms with Gasteiger partial charge in [-0.05, 0) is 48.6 Å². The molecule has 0 aliphatic heterocycles. The van der Waals surface area contributed by atoms with Gasteiger partial charge in [0.1, 0.15) is 0 Å². The summed E-state index contributed by atoms with van der Waals surface area (Å²) in [7, 11) is 0. The van der Waals surface area contributed by atoms with E-state index in [2.05, 4.69) is 10.0 Å². The smallest absolute Gasteiger partial charge is 0.150 e. The largest absolute Gasteiger partial charge is 0.398 e. The molecule has 0 aliphatic rings. The van der Waals surface area contributed by atoms with Crippen LogP contribution in [0.4, 0.5) is 5.69 Å². The van der Waals surface area contributed by atoms with Gasteiger partial charge in [-0.1, -0.05) is 5.11 Å². The standard InChI is InChI=1S/C11H14N4O/c1-6-9(4-14-15-13)7(2)11(12)8(3)10(6)5-16/h5H,4,12H2,1-3H3. The van der Waals surface area contributed by atoms with E-state index in [4.69, 9.17) is 11.3 Å². The molecule has 16 heavy (non-hydrogen) atoms. The zero-order valence-corrected chi connectivity index (χ0v) is 9.61. The second kappa shape index (κ2) is 4.68. The summed E-state index contributed by atoms with van der Waals surface area (Å²) in [5, 5.41) is 3.52. The topological polar surface area (TPSA) is 91.8 Å². The summed E-state index contributed by atoms with van der Waals surface area (Å²) in [6.07, 6.45) is 0.792. The van der Waals surface area contributed by atoms with Crippen LogP contribution in [0.25, 0.3) is 10.4 Å². The highest BCUT2D eigenvalue weighted by atomic mass is 16.1. The molecule has 0 aromatic heterocycles. The number of benzene rings is 1. The molecule has 0 fully saturated rings. The van der Waals surface area contributed by atoms with Crippen molar-refractivity contribution in [3.63, 3.8) is 0 Å². The van der Waals surface area contributed by atoms with Gasteiger partial charge in [-0.25, -0.2) is 0 Å². The van der Waals surface area contributed by atoms with E-state index in [9.17, 15) is 4.79 Å². The first-order chi connectivity index (χ1) is 7.54. The van der Waals surface area contributed by atoms with E-state index in [-0.39, 0.29) is 6.54 Å². The fraction of sp³-hybridized carbons (Fsp3) is 0.364.